The Bertz CT molecular complexity index is 3080. The van der Waals surface area contributed by atoms with Crippen LogP contribution in [-0.2, 0) is 27.4 Å². The number of hydrogen-bond acceptors (Lipinski definition) is 14. The summed E-state index contributed by atoms with van der Waals surface area (Å²) in [6, 6.07) is 10.3. The fourth-order valence-electron chi connectivity index (χ4n) is 13.0. The van der Waals surface area contributed by atoms with Crippen molar-refractivity contribution in [2.24, 2.45) is 28.2 Å². The summed E-state index contributed by atoms with van der Waals surface area (Å²) in [4.78, 5) is 46.3. The van der Waals surface area contributed by atoms with Crippen molar-refractivity contribution in [3.8, 4) is 29.1 Å². The lowest BCUT2D eigenvalue weighted by atomic mass is 9.57. The largest absolute Gasteiger partial charge is 0.508 e. The van der Waals surface area contributed by atoms with Gasteiger partial charge in [0.2, 0.25) is 17.2 Å². The molecule has 16 nitrogen and oxygen atoms in total. The minimum absolute atomic E-state index is 0.0698. The van der Waals surface area contributed by atoms with Crippen LogP contribution in [0.25, 0.3) is 21.7 Å². The molecule has 10 unspecified atom stereocenters. The maximum Gasteiger partial charge on any atom is 0.226 e. The van der Waals surface area contributed by atoms with Crippen LogP contribution in [0.5, 0.6) is 17.2 Å². The highest BCUT2D eigenvalue weighted by Crippen LogP contribution is 2.57. The summed E-state index contributed by atoms with van der Waals surface area (Å²) in [7, 11) is 0. The van der Waals surface area contributed by atoms with Crippen LogP contribution in [0.4, 0.5) is 5.69 Å². The van der Waals surface area contributed by atoms with Gasteiger partial charge >= 0.3 is 0 Å². The van der Waals surface area contributed by atoms with Crippen molar-refractivity contribution in [3.63, 3.8) is 0 Å². The molecule has 1 saturated heterocycles. The zero-order valence-corrected chi connectivity index (χ0v) is 39.7. The van der Waals surface area contributed by atoms with Gasteiger partial charge in [0.1, 0.15) is 77.4 Å². The zero-order valence-electron chi connectivity index (χ0n) is 39.7. The van der Waals surface area contributed by atoms with Crippen LogP contribution in [-0.4, -0.2) is 109 Å². The number of aromatic hydroxyl groups is 2. The van der Waals surface area contributed by atoms with Crippen LogP contribution in [0.1, 0.15) is 75.2 Å². The lowest BCUT2D eigenvalue weighted by Crippen LogP contribution is -3.05. The first kappa shape index (κ1) is 47.5. The number of phenolic OH excluding ortho intramolecular Hbond substituents is 2. The molecule has 16 heteroatoms. The number of rotatable bonds is 12. The molecule has 1 saturated carbocycles. The molecule has 71 heavy (non-hydrogen) atoms. The van der Waals surface area contributed by atoms with Crippen molar-refractivity contribution in [2.45, 2.75) is 120 Å². The number of nitrogens with zero attached hydrogens (tertiary/aromatic N) is 1. The van der Waals surface area contributed by atoms with E-state index in [9.17, 15) is 45.3 Å². The number of aliphatic hydroxyl groups is 5. The summed E-state index contributed by atoms with van der Waals surface area (Å²) in [6.07, 6.45) is 6.09. The monoisotopic (exact) mass is 970 g/mol. The van der Waals surface area contributed by atoms with Gasteiger partial charge in [-0.2, -0.15) is 0 Å². The Morgan fingerprint density at radius 1 is 1.06 bits per heavy atom. The molecule has 4 aromatic rings. The number of nitrogens with one attached hydrogen (secondary N) is 2. The number of aryl methyl sites for hydroxylation is 1. The molecule has 2 bridgehead atoms. The van der Waals surface area contributed by atoms with Crippen LogP contribution in [0.3, 0.4) is 0 Å². The molecule has 1 amide bonds. The molecule has 5 heterocycles. The van der Waals surface area contributed by atoms with Gasteiger partial charge in [-0.15, -0.1) is 0 Å². The van der Waals surface area contributed by atoms with Gasteiger partial charge in [-0.1, -0.05) is 30.9 Å². The lowest BCUT2D eigenvalue weighted by Gasteiger charge is -2.50. The second-order valence-corrected chi connectivity index (χ2v) is 20.9. The van der Waals surface area contributed by atoms with E-state index < -0.39 is 60.7 Å². The number of carbonyl (C=O) groups excluding carboxylic acids is 1. The summed E-state index contributed by atoms with van der Waals surface area (Å²) in [5, 5.41) is 81.1. The first-order chi connectivity index (χ1) is 34.2. The van der Waals surface area contributed by atoms with E-state index in [2.05, 4.69) is 35.1 Å². The minimum atomic E-state index is -2.44. The first-order valence-electron chi connectivity index (χ1n) is 24.8. The van der Waals surface area contributed by atoms with Gasteiger partial charge in [0.05, 0.1) is 17.4 Å². The van der Waals surface area contributed by atoms with Crippen LogP contribution in [0, 0.1) is 41.9 Å². The third kappa shape index (κ3) is 7.89. The minimum Gasteiger partial charge on any atom is -0.508 e. The molecular formula is C55H60N3O13+. The normalized spacial score (nSPS) is 30.4. The van der Waals surface area contributed by atoms with Gasteiger partial charge in [-0.05, 0) is 98.2 Å². The molecule has 10 atom stereocenters. The van der Waals surface area contributed by atoms with Crippen LogP contribution < -0.4 is 20.4 Å². The summed E-state index contributed by atoms with van der Waals surface area (Å²) < 4.78 is 14.1. The molecule has 4 aliphatic heterocycles. The number of allylic oxidation sites excluding steroid dienone is 2. The number of aliphatic hydroxyl groups excluding tert-OH is 4. The Morgan fingerprint density at radius 2 is 1.87 bits per heavy atom. The van der Waals surface area contributed by atoms with E-state index in [-0.39, 0.29) is 47.1 Å². The fraction of sp³-hybridized carbons (Fsp3) is 0.473. The fourth-order valence-corrected chi connectivity index (χ4v) is 13.0. The quantitative estimate of drug-likeness (QED) is 0.0562. The van der Waals surface area contributed by atoms with Crippen molar-refractivity contribution in [3.05, 3.63) is 105 Å². The third-order valence-electron chi connectivity index (χ3n) is 16.9. The van der Waals surface area contributed by atoms with Crippen molar-refractivity contribution in [1.82, 2.24) is 5.32 Å². The molecule has 0 radical (unpaired) electrons. The number of aliphatic imine (C=N–C) groups is 1. The van der Waals surface area contributed by atoms with Crippen LogP contribution in [0.15, 0.2) is 91.9 Å². The van der Waals surface area contributed by atoms with Crippen molar-refractivity contribution < 1.29 is 64.4 Å². The standard InChI is InChI=1S/C55H59N3O13/c1-3-42-36-14-18-56-41(36)26-58(42)47-49-33(20-38-44(62)19-29(2)69-50(38)47)21-46(55(70-49)17-13-31-6-4-5-30-11-15-53(16-12-30)40(39(31)24-55)25-57-52(53)66)71-68-28-54(67,51(65)48(64)45(63)27-59)23-32-7-10-43(61)35-9-8-34(60)22-37(32)35/h7-10,13-14,18-20,22,26,30,39-40,42,45-46,48,51,59-61,63-65,67H,3,5,11-12,15-17,21,23-25,27-28H2,1-2H3,(H,57,66)/p+1. The third-order valence-corrected chi connectivity index (χ3v) is 16.9. The number of amides is 1. The second-order valence-electron chi connectivity index (χ2n) is 20.9. The maximum atomic E-state index is 14.1. The SMILES string of the molecule is CCC1C2=CC=NC2=C[NH+]1c1c2c(cc3c(=O)cc(C)oc13)CC(OOCC(O)(Cc1ccc(O)c3ccc(O)cc13)C(O)C(O)C(O)CO)C1(CC=C3C#CCC4CCC5(CC4)C(=O)NCC5C3C1)O2. The number of fused-ring (bicyclic) bond motifs is 7. The highest BCUT2D eigenvalue weighted by Gasteiger charge is 2.60. The molecule has 4 aliphatic carbocycles. The molecule has 2 spiro atoms. The molecule has 9 N–H and O–H groups in total. The Hall–Kier alpha value is -5.87. The second kappa shape index (κ2) is 18.0. The van der Waals surface area contributed by atoms with Gasteiger partial charge in [0.25, 0.3) is 0 Å². The number of carbonyl (C=O) groups is 1. The molecule has 3 aromatic carbocycles. The van der Waals surface area contributed by atoms with Crippen LogP contribution in [0.2, 0.25) is 0 Å². The molecule has 12 rings (SSSR count). The zero-order chi connectivity index (χ0) is 49.6. The Balaban J connectivity index is 1.03. The highest BCUT2D eigenvalue weighted by atomic mass is 17.2. The van der Waals surface area contributed by atoms with Gasteiger partial charge in [-0.3, -0.25) is 19.5 Å². The van der Waals surface area contributed by atoms with E-state index in [1.807, 2.05) is 12.3 Å². The predicted molar refractivity (Wildman–Crippen MR) is 260 cm³/mol. The summed E-state index contributed by atoms with van der Waals surface area (Å²) in [6.45, 7) is 2.60. The number of quaternary nitrogens is 1. The van der Waals surface area contributed by atoms with E-state index in [0.717, 1.165) is 60.3 Å². The topological polar surface area (TPSA) is 245 Å². The van der Waals surface area contributed by atoms with Crippen molar-refractivity contribution in [1.29, 1.82) is 0 Å². The number of ether oxygens (including phenoxy) is 1. The van der Waals surface area contributed by atoms with Gasteiger partial charge in [0.15, 0.2) is 11.2 Å². The average Bonchev–Trinajstić information content (AvgIpc) is 4.05. The van der Waals surface area contributed by atoms with E-state index in [0.29, 0.717) is 75.4 Å². The van der Waals surface area contributed by atoms with Gasteiger partial charge < -0.3 is 50.2 Å². The summed E-state index contributed by atoms with van der Waals surface area (Å²) >= 11 is 0. The smallest absolute Gasteiger partial charge is 0.226 e. The highest BCUT2D eigenvalue weighted by molar-refractivity contribution is 5.92. The molecule has 1 aromatic heterocycles. The lowest BCUT2D eigenvalue weighted by molar-refractivity contribution is -0.793. The Labute approximate surface area is 409 Å². The molecule has 372 valence electrons. The number of phenols is 2. The average molecular weight is 971 g/mol. The van der Waals surface area contributed by atoms with Crippen LogP contribution >= 0.6 is 0 Å². The summed E-state index contributed by atoms with van der Waals surface area (Å²) in [5.41, 5.74) is 0.374. The molecular weight excluding hydrogens is 911 g/mol. The number of benzene rings is 3. The van der Waals surface area contributed by atoms with E-state index >= 15 is 0 Å². The maximum absolute atomic E-state index is 14.1. The number of hydrogen-bond donors (Lipinski definition) is 9. The van der Waals surface area contributed by atoms with Crippen molar-refractivity contribution >= 4 is 39.6 Å². The Morgan fingerprint density at radius 3 is 2.66 bits per heavy atom. The van der Waals surface area contributed by atoms with Crippen molar-refractivity contribution in [2.75, 3.05) is 19.8 Å². The molecule has 2 fully saturated rings. The van der Waals surface area contributed by atoms with E-state index in [1.54, 1.807) is 19.2 Å². The first-order valence-corrected chi connectivity index (χ1v) is 24.8. The van der Waals surface area contributed by atoms with E-state index in [4.69, 9.17) is 18.9 Å². The Kier molecular flexibility index (Phi) is 12.0. The van der Waals surface area contributed by atoms with Gasteiger partial charge in [-0.25, -0.2) is 9.78 Å². The summed E-state index contributed by atoms with van der Waals surface area (Å²) in [5.74, 6) is 7.90. The predicted octanol–water partition coefficient (Wildman–Crippen LogP) is 3.53. The van der Waals surface area contributed by atoms with E-state index in [1.165, 1.54) is 36.4 Å². The molecule has 8 aliphatic rings. The van der Waals surface area contributed by atoms with Gasteiger partial charge in [0, 0.05) is 78.9 Å².